The molecule has 1 aromatic rings. The van der Waals surface area contributed by atoms with E-state index in [-0.39, 0.29) is 24.4 Å². The predicted molar refractivity (Wildman–Crippen MR) is 101 cm³/mol. The number of carbonyl (C=O) groups is 1. The number of halogens is 1. The fourth-order valence-corrected chi connectivity index (χ4v) is 2.97. The van der Waals surface area contributed by atoms with E-state index in [9.17, 15) is 4.79 Å². The number of amides is 1. The molecule has 1 aromatic carbocycles. The summed E-state index contributed by atoms with van der Waals surface area (Å²) in [5.41, 5.74) is 0.758. The lowest BCUT2D eigenvalue weighted by atomic mass is 10.0. The van der Waals surface area contributed by atoms with Crippen LogP contribution in [0.15, 0.2) is 24.3 Å². The molecule has 0 saturated carbocycles. The molecule has 1 saturated heterocycles. The number of nitrogens with one attached hydrogen (secondary N) is 1. The third-order valence-electron chi connectivity index (χ3n) is 4.49. The van der Waals surface area contributed by atoms with Gasteiger partial charge < -0.3 is 15.0 Å². The minimum Gasteiger partial charge on any atom is -0.491 e. The molecule has 4 nitrogen and oxygen atoms in total. The van der Waals surface area contributed by atoms with E-state index in [1.165, 1.54) is 0 Å². The maximum absolute atomic E-state index is 12.9. The van der Waals surface area contributed by atoms with Crippen LogP contribution < -0.4 is 10.1 Å². The SMILES string of the molecule is CCCN(C(=O)c1ccc(OC(C)CC)cc1)C1CCNCC1.Cl. The molecule has 1 aliphatic rings. The number of rotatable bonds is 7. The molecule has 1 amide bonds. The fourth-order valence-electron chi connectivity index (χ4n) is 2.97. The molecule has 5 heteroatoms. The van der Waals surface area contributed by atoms with Crippen LogP contribution in [0.25, 0.3) is 0 Å². The minimum atomic E-state index is 0. The van der Waals surface area contributed by atoms with Gasteiger partial charge in [-0.05, 0) is 70.0 Å². The highest BCUT2D eigenvalue weighted by molar-refractivity contribution is 5.94. The van der Waals surface area contributed by atoms with Crippen molar-refractivity contribution in [3.63, 3.8) is 0 Å². The Bertz CT molecular complexity index is 487. The molecular weight excluding hydrogens is 324 g/mol. The smallest absolute Gasteiger partial charge is 0.254 e. The summed E-state index contributed by atoms with van der Waals surface area (Å²) in [5.74, 6) is 0.980. The van der Waals surface area contributed by atoms with Gasteiger partial charge in [-0.2, -0.15) is 0 Å². The van der Waals surface area contributed by atoms with E-state index in [0.29, 0.717) is 6.04 Å². The molecule has 1 unspecified atom stereocenters. The normalized spacial score (nSPS) is 16.1. The van der Waals surface area contributed by atoms with Crippen molar-refractivity contribution in [2.45, 2.75) is 58.6 Å². The number of hydrogen-bond acceptors (Lipinski definition) is 3. The van der Waals surface area contributed by atoms with Crippen molar-refractivity contribution in [3.05, 3.63) is 29.8 Å². The molecule has 1 heterocycles. The summed E-state index contributed by atoms with van der Waals surface area (Å²) >= 11 is 0. The highest BCUT2D eigenvalue weighted by atomic mass is 35.5. The van der Waals surface area contributed by atoms with Gasteiger partial charge in [0.25, 0.3) is 5.91 Å². The third-order valence-corrected chi connectivity index (χ3v) is 4.49. The van der Waals surface area contributed by atoms with E-state index in [4.69, 9.17) is 4.74 Å². The zero-order chi connectivity index (χ0) is 16.7. The second-order valence-electron chi connectivity index (χ2n) is 6.34. The Labute approximate surface area is 152 Å². The zero-order valence-electron chi connectivity index (χ0n) is 15.1. The summed E-state index contributed by atoms with van der Waals surface area (Å²) in [5, 5.41) is 3.37. The summed E-state index contributed by atoms with van der Waals surface area (Å²) in [6, 6.07) is 7.96. The number of carbonyl (C=O) groups excluding carboxylic acids is 1. The second kappa shape index (κ2) is 10.6. The van der Waals surface area contributed by atoms with Crippen LogP contribution in [0.5, 0.6) is 5.75 Å². The van der Waals surface area contributed by atoms with Crippen LogP contribution in [-0.4, -0.2) is 42.6 Å². The van der Waals surface area contributed by atoms with E-state index in [2.05, 4.69) is 31.0 Å². The number of hydrogen-bond donors (Lipinski definition) is 1. The first-order chi connectivity index (χ1) is 11.2. The van der Waals surface area contributed by atoms with Crippen molar-refractivity contribution in [2.24, 2.45) is 0 Å². The molecule has 1 atom stereocenters. The van der Waals surface area contributed by atoms with E-state index in [1.807, 2.05) is 24.3 Å². The van der Waals surface area contributed by atoms with Gasteiger partial charge in [-0.15, -0.1) is 12.4 Å². The van der Waals surface area contributed by atoms with Crippen LogP contribution >= 0.6 is 12.4 Å². The molecule has 1 aliphatic heterocycles. The first-order valence-corrected chi connectivity index (χ1v) is 8.94. The summed E-state index contributed by atoms with van der Waals surface area (Å²) < 4.78 is 5.79. The van der Waals surface area contributed by atoms with E-state index in [0.717, 1.165) is 56.6 Å². The number of benzene rings is 1. The molecule has 0 aromatic heterocycles. The van der Waals surface area contributed by atoms with E-state index >= 15 is 0 Å². The summed E-state index contributed by atoms with van der Waals surface area (Å²) in [6.07, 6.45) is 4.25. The van der Waals surface area contributed by atoms with Gasteiger partial charge in [0.2, 0.25) is 0 Å². The fraction of sp³-hybridized carbons (Fsp3) is 0.632. The van der Waals surface area contributed by atoms with Gasteiger partial charge in [0.15, 0.2) is 0 Å². The lowest BCUT2D eigenvalue weighted by Crippen LogP contribution is -2.46. The van der Waals surface area contributed by atoms with E-state index < -0.39 is 0 Å². The number of nitrogens with zero attached hydrogens (tertiary/aromatic N) is 1. The molecule has 1 fully saturated rings. The van der Waals surface area contributed by atoms with Gasteiger partial charge in [-0.25, -0.2) is 0 Å². The van der Waals surface area contributed by atoms with Gasteiger partial charge in [-0.1, -0.05) is 13.8 Å². The standard InChI is InChI=1S/C19H30N2O2.ClH/c1-4-14-21(17-10-12-20-13-11-17)19(22)16-6-8-18(9-7-16)23-15(3)5-2;/h6-9,15,17,20H,4-5,10-14H2,1-3H3;1H. The quantitative estimate of drug-likeness (QED) is 0.807. The van der Waals surface area contributed by atoms with Crippen molar-refractivity contribution >= 4 is 18.3 Å². The highest BCUT2D eigenvalue weighted by Gasteiger charge is 2.25. The molecule has 1 N–H and O–H groups in total. The lowest BCUT2D eigenvalue weighted by Gasteiger charge is -2.34. The molecule has 24 heavy (non-hydrogen) atoms. The van der Waals surface area contributed by atoms with Crippen molar-refractivity contribution < 1.29 is 9.53 Å². The zero-order valence-corrected chi connectivity index (χ0v) is 15.9. The van der Waals surface area contributed by atoms with Crippen LogP contribution in [0, 0.1) is 0 Å². The molecule has 0 aliphatic carbocycles. The summed E-state index contributed by atoms with van der Waals surface area (Å²) in [6.45, 7) is 9.11. The number of piperidine rings is 1. The van der Waals surface area contributed by atoms with Crippen LogP contribution in [0.3, 0.4) is 0 Å². The Morgan fingerprint density at radius 1 is 1.25 bits per heavy atom. The van der Waals surface area contributed by atoms with Crippen molar-refractivity contribution in [2.75, 3.05) is 19.6 Å². The lowest BCUT2D eigenvalue weighted by molar-refractivity contribution is 0.0642. The van der Waals surface area contributed by atoms with Gasteiger partial charge in [0.1, 0.15) is 5.75 Å². The van der Waals surface area contributed by atoms with Gasteiger partial charge in [-0.3, -0.25) is 4.79 Å². The molecule has 0 spiro atoms. The van der Waals surface area contributed by atoms with Crippen LogP contribution in [0.2, 0.25) is 0 Å². The third kappa shape index (κ3) is 5.67. The average molecular weight is 355 g/mol. The maximum Gasteiger partial charge on any atom is 0.254 e. The second-order valence-corrected chi connectivity index (χ2v) is 6.34. The van der Waals surface area contributed by atoms with E-state index in [1.54, 1.807) is 0 Å². The Balaban J connectivity index is 0.00000288. The molecular formula is C19H31ClN2O2. The Kier molecular flexibility index (Phi) is 9.16. The highest BCUT2D eigenvalue weighted by Crippen LogP contribution is 2.19. The summed E-state index contributed by atoms with van der Waals surface area (Å²) in [7, 11) is 0. The van der Waals surface area contributed by atoms with Gasteiger partial charge in [0.05, 0.1) is 6.10 Å². The minimum absolute atomic E-state index is 0. The largest absolute Gasteiger partial charge is 0.491 e. The Hall–Kier alpha value is -1.26. The first kappa shape index (κ1) is 20.8. The molecule has 0 radical (unpaired) electrons. The van der Waals surface area contributed by atoms with Crippen molar-refractivity contribution in [1.29, 1.82) is 0 Å². The van der Waals surface area contributed by atoms with Crippen LogP contribution in [-0.2, 0) is 0 Å². The van der Waals surface area contributed by atoms with Crippen LogP contribution in [0.1, 0.15) is 56.8 Å². The maximum atomic E-state index is 12.9. The molecule has 2 rings (SSSR count). The van der Waals surface area contributed by atoms with Gasteiger partial charge >= 0.3 is 0 Å². The monoisotopic (exact) mass is 354 g/mol. The van der Waals surface area contributed by atoms with Crippen molar-refractivity contribution in [1.82, 2.24) is 10.2 Å². The topological polar surface area (TPSA) is 41.6 Å². The number of ether oxygens (including phenoxy) is 1. The van der Waals surface area contributed by atoms with Gasteiger partial charge in [0, 0.05) is 18.2 Å². The predicted octanol–water partition coefficient (Wildman–Crippen LogP) is 3.89. The summed E-state index contributed by atoms with van der Waals surface area (Å²) in [4.78, 5) is 14.9. The Morgan fingerprint density at radius 2 is 1.88 bits per heavy atom. The first-order valence-electron chi connectivity index (χ1n) is 8.94. The molecule has 0 bridgehead atoms. The average Bonchev–Trinajstić information content (AvgIpc) is 2.60. The van der Waals surface area contributed by atoms with Crippen molar-refractivity contribution in [3.8, 4) is 5.75 Å². The van der Waals surface area contributed by atoms with Crippen LogP contribution in [0.4, 0.5) is 0 Å². The molecule has 136 valence electrons. The Morgan fingerprint density at radius 3 is 2.42 bits per heavy atom.